The van der Waals surface area contributed by atoms with E-state index in [1.54, 1.807) is 12.1 Å². The first-order valence-electron chi connectivity index (χ1n) is 6.20. The smallest absolute Gasteiger partial charge is 0.200 e. The Morgan fingerprint density at radius 2 is 2.00 bits per heavy atom. The number of hydrogen-bond acceptors (Lipinski definition) is 6. The third-order valence-electron chi connectivity index (χ3n) is 2.90. The maximum atomic E-state index is 9.82. The van der Waals surface area contributed by atoms with Crippen molar-refractivity contribution in [3.05, 3.63) is 17.7 Å². The molecule has 0 unspecified atom stereocenters. The number of nitrogens with zero attached hydrogens (tertiary/aromatic N) is 1. The van der Waals surface area contributed by atoms with E-state index in [4.69, 9.17) is 9.47 Å². The summed E-state index contributed by atoms with van der Waals surface area (Å²) in [7, 11) is 3.02. The molecule has 0 amide bonds. The van der Waals surface area contributed by atoms with Crippen molar-refractivity contribution >= 4 is 5.96 Å². The van der Waals surface area contributed by atoms with Gasteiger partial charge in [0.15, 0.2) is 17.5 Å². The van der Waals surface area contributed by atoms with Crippen molar-refractivity contribution in [2.75, 3.05) is 27.3 Å². The lowest BCUT2D eigenvalue weighted by molar-refractivity contribution is 0.339. The molecule has 1 heterocycles. The van der Waals surface area contributed by atoms with Gasteiger partial charge in [-0.05, 0) is 24.1 Å². The number of guanidine groups is 1. The molecule has 1 aliphatic rings. The molecule has 0 atom stereocenters. The second kappa shape index (κ2) is 6.17. The Balaban J connectivity index is 2.09. The summed E-state index contributed by atoms with van der Waals surface area (Å²) in [5.41, 5.74) is 0.946. The van der Waals surface area contributed by atoms with E-state index in [1.807, 2.05) is 0 Å². The fourth-order valence-electron chi connectivity index (χ4n) is 1.89. The van der Waals surface area contributed by atoms with Crippen LogP contribution in [0.5, 0.6) is 17.2 Å². The molecular weight excluding hydrogens is 246 g/mol. The molecule has 1 aromatic carbocycles. The van der Waals surface area contributed by atoms with Crippen LogP contribution < -0.4 is 20.1 Å². The second-order valence-electron chi connectivity index (χ2n) is 4.21. The molecule has 2 rings (SSSR count). The topological polar surface area (TPSA) is 75.1 Å². The molecule has 0 saturated carbocycles. The Kier molecular flexibility index (Phi) is 4.33. The van der Waals surface area contributed by atoms with Gasteiger partial charge in [-0.15, -0.1) is 0 Å². The molecular formula is C13H19N3O3. The third kappa shape index (κ3) is 3.21. The summed E-state index contributed by atoms with van der Waals surface area (Å²) in [5.74, 6) is 1.61. The highest BCUT2D eigenvalue weighted by Gasteiger charge is 2.11. The summed E-state index contributed by atoms with van der Waals surface area (Å²) < 4.78 is 10.2. The third-order valence-corrected chi connectivity index (χ3v) is 2.90. The lowest BCUT2D eigenvalue weighted by Crippen LogP contribution is -2.40. The van der Waals surface area contributed by atoms with E-state index in [1.165, 1.54) is 14.2 Å². The van der Waals surface area contributed by atoms with Crippen LogP contribution >= 0.6 is 0 Å². The van der Waals surface area contributed by atoms with Gasteiger partial charge < -0.3 is 25.2 Å². The van der Waals surface area contributed by atoms with Crippen molar-refractivity contribution in [1.82, 2.24) is 10.6 Å². The van der Waals surface area contributed by atoms with E-state index in [-0.39, 0.29) is 5.75 Å². The number of phenolic OH excluding ortho intramolecular Hbond substituents is 1. The molecule has 0 radical (unpaired) electrons. The molecule has 0 spiro atoms. The molecule has 6 nitrogen and oxygen atoms in total. The minimum Gasteiger partial charge on any atom is -0.502 e. The minimum absolute atomic E-state index is 0.0156. The average molecular weight is 265 g/mol. The first-order valence-corrected chi connectivity index (χ1v) is 6.20. The van der Waals surface area contributed by atoms with E-state index in [2.05, 4.69) is 15.6 Å². The van der Waals surface area contributed by atoms with Crippen molar-refractivity contribution in [2.45, 2.75) is 13.0 Å². The van der Waals surface area contributed by atoms with Crippen LogP contribution in [0.15, 0.2) is 17.1 Å². The van der Waals surface area contributed by atoms with Crippen LogP contribution in [0, 0.1) is 0 Å². The molecule has 19 heavy (non-hydrogen) atoms. The van der Waals surface area contributed by atoms with E-state index < -0.39 is 0 Å². The van der Waals surface area contributed by atoms with Crippen molar-refractivity contribution in [3.8, 4) is 17.2 Å². The number of aromatic hydroxyl groups is 1. The molecule has 1 aliphatic heterocycles. The van der Waals surface area contributed by atoms with Crippen LogP contribution in [-0.4, -0.2) is 38.4 Å². The summed E-state index contributed by atoms with van der Waals surface area (Å²) in [6.45, 7) is 2.37. The number of hydrogen-bond donors (Lipinski definition) is 3. The molecule has 0 fully saturated rings. The Morgan fingerprint density at radius 1 is 1.32 bits per heavy atom. The summed E-state index contributed by atoms with van der Waals surface area (Å²) in [4.78, 5) is 4.33. The zero-order chi connectivity index (χ0) is 13.7. The van der Waals surface area contributed by atoms with Gasteiger partial charge in [0, 0.05) is 19.6 Å². The van der Waals surface area contributed by atoms with Gasteiger partial charge in [-0.1, -0.05) is 0 Å². The maximum Gasteiger partial charge on any atom is 0.200 e. The van der Waals surface area contributed by atoms with E-state index in [0.29, 0.717) is 18.0 Å². The zero-order valence-electron chi connectivity index (χ0n) is 11.2. The highest BCUT2D eigenvalue weighted by atomic mass is 16.5. The largest absolute Gasteiger partial charge is 0.502 e. The van der Waals surface area contributed by atoms with E-state index in [9.17, 15) is 5.11 Å². The Morgan fingerprint density at radius 3 is 2.53 bits per heavy atom. The number of aliphatic imine (C=N–C) groups is 1. The lowest BCUT2D eigenvalue weighted by Gasteiger charge is -2.17. The van der Waals surface area contributed by atoms with Gasteiger partial charge in [-0.2, -0.15) is 0 Å². The number of ether oxygens (including phenoxy) is 2. The normalized spacial score (nSPS) is 14.3. The average Bonchev–Trinajstić information content (AvgIpc) is 2.47. The number of nitrogens with one attached hydrogen (secondary N) is 2. The highest BCUT2D eigenvalue weighted by Crippen LogP contribution is 2.36. The fraction of sp³-hybridized carbons (Fsp3) is 0.462. The zero-order valence-corrected chi connectivity index (χ0v) is 11.2. The summed E-state index contributed by atoms with van der Waals surface area (Å²) in [6.07, 6.45) is 1.06. The second-order valence-corrected chi connectivity index (χ2v) is 4.21. The molecule has 0 saturated heterocycles. The number of rotatable bonds is 4. The molecule has 0 aliphatic carbocycles. The van der Waals surface area contributed by atoms with E-state index >= 15 is 0 Å². The Bertz CT molecular complexity index is 449. The molecule has 3 N–H and O–H groups in total. The quantitative estimate of drug-likeness (QED) is 0.752. The van der Waals surface area contributed by atoms with Crippen LogP contribution in [0.25, 0.3) is 0 Å². The van der Waals surface area contributed by atoms with Gasteiger partial charge in [-0.3, -0.25) is 4.99 Å². The van der Waals surface area contributed by atoms with Gasteiger partial charge >= 0.3 is 0 Å². The number of methoxy groups -OCH3 is 2. The van der Waals surface area contributed by atoms with Crippen LogP contribution in [0.4, 0.5) is 0 Å². The van der Waals surface area contributed by atoms with Crippen LogP contribution in [0.2, 0.25) is 0 Å². The Labute approximate surface area is 112 Å². The lowest BCUT2D eigenvalue weighted by atomic mass is 10.2. The molecule has 6 heteroatoms. The monoisotopic (exact) mass is 265 g/mol. The first-order chi connectivity index (χ1) is 9.24. The molecule has 0 bridgehead atoms. The first kappa shape index (κ1) is 13.3. The maximum absolute atomic E-state index is 9.82. The van der Waals surface area contributed by atoms with Crippen molar-refractivity contribution < 1.29 is 14.6 Å². The van der Waals surface area contributed by atoms with E-state index in [0.717, 1.165) is 31.0 Å². The van der Waals surface area contributed by atoms with Crippen molar-refractivity contribution in [1.29, 1.82) is 0 Å². The van der Waals surface area contributed by atoms with Gasteiger partial charge in [0.05, 0.1) is 14.2 Å². The number of benzene rings is 1. The van der Waals surface area contributed by atoms with Crippen LogP contribution in [0.1, 0.15) is 12.0 Å². The highest BCUT2D eigenvalue weighted by molar-refractivity contribution is 5.80. The standard InChI is InChI=1S/C13H19N3O3/c1-18-10-6-9(7-11(19-2)12(10)17)8-16-13-14-4-3-5-15-13/h6-7,17H,3-5,8H2,1-2H3,(H2,14,15,16). The summed E-state index contributed by atoms with van der Waals surface area (Å²) >= 11 is 0. The predicted octanol–water partition coefficient (Wildman–Crippen LogP) is 0.848. The van der Waals surface area contributed by atoms with Gasteiger partial charge in [0.2, 0.25) is 5.75 Å². The van der Waals surface area contributed by atoms with Gasteiger partial charge in [0.25, 0.3) is 0 Å². The van der Waals surface area contributed by atoms with Crippen molar-refractivity contribution in [2.24, 2.45) is 4.99 Å². The number of phenols is 1. The van der Waals surface area contributed by atoms with Gasteiger partial charge in [-0.25, -0.2) is 0 Å². The summed E-state index contributed by atoms with van der Waals surface area (Å²) in [6, 6.07) is 3.54. The predicted molar refractivity (Wildman–Crippen MR) is 73.0 cm³/mol. The molecule has 1 aromatic rings. The minimum atomic E-state index is 0.0156. The van der Waals surface area contributed by atoms with Crippen LogP contribution in [0.3, 0.4) is 0 Å². The molecule has 104 valence electrons. The van der Waals surface area contributed by atoms with Gasteiger partial charge in [0.1, 0.15) is 0 Å². The summed E-state index contributed by atoms with van der Waals surface area (Å²) in [5, 5.41) is 16.2. The SMILES string of the molecule is COc1cc(CNC2=NCCCN2)cc(OC)c1O. The molecule has 0 aromatic heterocycles. The van der Waals surface area contributed by atoms with Crippen LogP contribution in [-0.2, 0) is 6.54 Å². The fourth-order valence-corrected chi connectivity index (χ4v) is 1.89. The Hall–Kier alpha value is -2.11. The van der Waals surface area contributed by atoms with Crippen molar-refractivity contribution in [3.63, 3.8) is 0 Å².